The first kappa shape index (κ1) is 15.0. The molecule has 0 spiro atoms. The maximum atomic E-state index is 11.5. The van der Waals surface area contributed by atoms with Gasteiger partial charge in [0.2, 0.25) is 5.91 Å². The minimum atomic E-state index is -0.525. The van der Waals surface area contributed by atoms with E-state index in [1.54, 1.807) is 36.8 Å². The van der Waals surface area contributed by atoms with Crippen molar-refractivity contribution in [2.24, 2.45) is 0 Å². The lowest BCUT2D eigenvalue weighted by Crippen LogP contribution is -2.21. The number of nitrogens with two attached hydrogens (primary N) is 1. The number of esters is 1. The Kier molecular flexibility index (Phi) is 5.35. The maximum absolute atomic E-state index is 11.5. The molecule has 0 aliphatic rings. The van der Waals surface area contributed by atoms with E-state index in [1.807, 2.05) is 0 Å². The maximum Gasteiger partial charge on any atom is 0.361 e. The van der Waals surface area contributed by atoms with Gasteiger partial charge in [-0.1, -0.05) is 0 Å². The highest BCUT2D eigenvalue weighted by atomic mass is 16.5. The number of nitrogens with zero attached hydrogens (tertiary/aromatic N) is 3. The molecule has 2 N–H and O–H groups in total. The van der Waals surface area contributed by atoms with E-state index in [4.69, 9.17) is 10.5 Å². The molecule has 1 aromatic rings. The van der Waals surface area contributed by atoms with E-state index in [0.717, 1.165) is 0 Å². The van der Waals surface area contributed by atoms with E-state index in [2.05, 4.69) is 5.10 Å². The number of nitrogen functional groups attached to an aromatic ring is 1. The second kappa shape index (κ2) is 6.77. The van der Waals surface area contributed by atoms with Gasteiger partial charge in [-0.05, 0) is 13.3 Å². The number of aryl methyl sites for hydroxylation is 1. The number of rotatable bonds is 6. The second-order valence-electron chi connectivity index (χ2n) is 4.31. The zero-order valence-corrected chi connectivity index (χ0v) is 11.5. The fourth-order valence-electron chi connectivity index (χ4n) is 1.53. The lowest BCUT2D eigenvalue weighted by atomic mass is 10.3. The topological polar surface area (TPSA) is 90.4 Å². The molecule has 0 aromatic carbocycles. The minimum Gasteiger partial charge on any atom is -0.461 e. The van der Waals surface area contributed by atoms with Gasteiger partial charge in [0.15, 0.2) is 5.69 Å². The summed E-state index contributed by atoms with van der Waals surface area (Å²) in [5.74, 6) is -0.464. The fraction of sp³-hybridized carbons (Fsp3) is 0.583. The standard InChI is InChI=1S/C12H20N4O3/c1-4-19-12(18)11-9(13)8-16(14-11)7-5-6-10(17)15(2)3/h8H,4-7,13H2,1-3H3. The summed E-state index contributed by atoms with van der Waals surface area (Å²) < 4.78 is 6.40. The Balaban J connectivity index is 2.54. The molecule has 0 radical (unpaired) electrons. The van der Waals surface area contributed by atoms with Gasteiger partial charge in [-0.25, -0.2) is 4.79 Å². The number of hydrogen-bond acceptors (Lipinski definition) is 5. The largest absolute Gasteiger partial charge is 0.461 e. The molecule has 106 valence electrons. The number of aromatic nitrogens is 2. The summed E-state index contributed by atoms with van der Waals surface area (Å²) in [4.78, 5) is 24.5. The average molecular weight is 268 g/mol. The zero-order valence-electron chi connectivity index (χ0n) is 11.5. The summed E-state index contributed by atoms with van der Waals surface area (Å²) in [5, 5.41) is 4.06. The number of amides is 1. The quantitative estimate of drug-likeness (QED) is 0.759. The molecule has 1 aromatic heterocycles. The second-order valence-corrected chi connectivity index (χ2v) is 4.31. The van der Waals surface area contributed by atoms with Crippen LogP contribution in [0.5, 0.6) is 0 Å². The smallest absolute Gasteiger partial charge is 0.361 e. The van der Waals surface area contributed by atoms with E-state index in [9.17, 15) is 9.59 Å². The van der Waals surface area contributed by atoms with Crippen LogP contribution in [0.15, 0.2) is 6.20 Å². The van der Waals surface area contributed by atoms with Gasteiger partial charge in [0.1, 0.15) is 0 Å². The number of carbonyl (C=O) groups excluding carboxylic acids is 2. The summed E-state index contributed by atoms with van der Waals surface area (Å²) in [6.45, 7) is 2.53. The van der Waals surface area contributed by atoms with Crippen molar-refractivity contribution in [2.75, 3.05) is 26.4 Å². The van der Waals surface area contributed by atoms with Gasteiger partial charge >= 0.3 is 5.97 Å². The predicted octanol–water partition coefficient (Wildman–Crippen LogP) is 0.510. The first-order valence-corrected chi connectivity index (χ1v) is 6.16. The van der Waals surface area contributed by atoms with Gasteiger partial charge in [0.25, 0.3) is 0 Å². The van der Waals surface area contributed by atoms with E-state index in [-0.39, 0.29) is 23.9 Å². The molecule has 0 saturated carbocycles. The van der Waals surface area contributed by atoms with Gasteiger partial charge in [0, 0.05) is 33.3 Å². The lowest BCUT2D eigenvalue weighted by Gasteiger charge is -2.09. The minimum absolute atomic E-state index is 0.0609. The van der Waals surface area contributed by atoms with Crippen LogP contribution >= 0.6 is 0 Å². The van der Waals surface area contributed by atoms with Gasteiger partial charge in [0.05, 0.1) is 12.3 Å². The van der Waals surface area contributed by atoms with Gasteiger partial charge < -0.3 is 15.4 Å². The van der Waals surface area contributed by atoms with Crippen LogP contribution < -0.4 is 5.73 Å². The summed E-state index contributed by atoms with van der Waals surface area (Å²) >= 11 is 0. The monoisotopic (exact) mass is 268 g/mol. The molecule has 7 nitrogen and oxygen atoms in total. The lowest BCUT2D eigenvalue weighted by molar-refractivity contribution is -0.128. The molecule has 1 rings (SSSR count). The Morgan fingerprint density at radius 3 is 2.74 bits per heavy atom. The van der Waals surface area contributed by atoms with Crippen LogP contribution in [0.1, 0.15) is 30.3 Å². The molecule has 0 saturated heterocycles. The molecule has 0 atom stereocenters. The average Bonchev–Trinajstić information content (AvgIpc) is 2.70. The highest BCUT2D eigenvalue weighted by molar-refractivity contribution is 5.92. The number of anilines is 1. The van der Waals surface area contributed by atoms with E-state index < -0.39 is 5.97 Å². The molecule has 0 aliphatic carbocycles. The Labute approximate surface area is 112 Å². The van der Waals surface area contributed by atoms with Crippen LogP contribution in [0.25, 0.3) is 0 Å². The third-order valence-corrected chi connectivity index (χ3v) is 2.54. The summed E-state index contributed by atoms with van der Waals surface area (Å²) in [6.07, 6.45) is 2.65. The van der Waals surface area contributed by atoms with Crippen LogP contribution in [0.3, 0.4) is 0 Å². The van der Waals surface area contributed by atoms with Crippen molar-refractivity contribution < 1.29 is 14.3 Å². The molecule has 1 amide bonds. The molecule has 1 heterocycles. The van der Waals surface area contributed by atoms with Gasteiger partial charge in [-0.2, -0.15) is 5.10 Å². The molecule has 0 bridgehead atoms. The summed E-state index contributed by atoms with van der Waals surface area (Å²) in [7, 11) is 3.43. The Morgan fingerprint density at radius 1 is 1.47 bits per heavy atom. The molecule has 0 aliphatic heterocycles. The van der Waals surface area contributed by atoms with Crippen LogP contribution in [0.4, 0.5) is 5.69 Å². The van der Waals surface area contributed by atoms with E-state index in [1.165, 1.54) is 0 Å². The zero-order chi connectivity index (χ0) is 14.4. The first-order chi connectivity index (χ1) is 8.95. The summed E-state index contributed by atoms with van der Waals surface area (Å²) in [6, 6.07) is 0. The number of carbonyl (C=O) groups is 2. The SMILES string of the molecule is CCOC(=O)c1nn(CCCC(=O)N(C)C)cc1N. The van der Waals surface area contributed by atoms with Crippen LogP contribution in [0.2, 0.25) is 0 Å². The van der Waals surface area contributed by atoms with Gasteiger partial charge in [-0.3, -0.25) is 9.48 Å². The van der Waals surface area contributed by atoms with Gasteiger partial charge in [-0.15, -0.1) is 0 Å². The molecule has 7 heteroatoms. The Morgan fingerprint density at radius 2 is 2.16 bits per heavy atom. The molecular weight excluding hydrogens is 248 g/mol. The van der Waals surface area contributed by atoms with Crippen LogP contribution in [0, 0.1) is 0 Å². The van der Waals surface area contributed by atoms with E-state index >= 15 is 0 Å². The molecule has 0 fully saturated rings. The van der Waals surface area contributed by atoms with Crippen molar-refractivity contribution in [3.8, 4) is 0 Å². The van der Waals surface area contributed by atoms with Crippen molar-refractivity contribution in [1.29, 1.82) is 0 Å². The first-order valence-electron chi connectivity index (χ1n) is 6.16. The fourth-order valence-corrected chi connectivity index (χ4v) is 1.53. The predicted molar refractivity (Wildman–Crippen MR) is 70.5 cm³/mol. The number of hydrogen-bond donors (Lipinski definition) is 1. The number of ether oxygens (including phenoxy) is 1. The van der Waals surface area contributed by atoms with Crippen LogP contribution in [-0.4, -0.2) is 47.3 Å². The van der Waals surface area contributed by atoms with Crippen molar-refractivity contribution in [3.63, 3.8) is 0 Å². The van der Waals surface area contributed by atoms with Crippen molar-refractivity contribution in [3.05, 3.63) is 11.9 Å². The van der Waals surface area contributed by atoms with Crippen molar-refractivity contribution in [1.82, 2.24) is 14.7 Å². The Hall–Kier alpha value is -2.05. The summed E-state index contributed by atoms with van der Waals surface area (Å²) in [5.41, 5.74) is 6.11. The van der Waals surface area contributed by atoms with E-state index in [0.29, 0.717) is 19.4 Å². The third kappa shape index (κ3) is 4.27. The normalized spacial score (nSPS) is 10.3. The highest BCUT2D eigenvalue weighted by Gasteiger charge is 2.15. The third-order valence-electron chi connectivity index (χ3n) is 2.54. The van der Waals surface area contributed by atoms with Crippen molar-refractivity contribution >= 4 is 17.6 Å². The molecule has 19 heavy (non-hydrogen) atoms. The van der Waals surface area contributed by atoms with Crippen LogP contribution in [-0.2, 0) is 16.1 Å². The molecular formula is C12H20N4O3. The highest BCUT2D eigenvalue weighted by Crippen LogP contribution is 2.11. The molecule has 0 unspecified atom stereocenters. The van der Waals surface area contributed by atoms with Crippen molar-refractivity contribution in [2.45, 2.75) is 26.3 Å². The Bertz CT molecular complexity index is 454.